The monoisotopic (exact) mass is 303 g/mol. The summed E-state index contributed by atoms with van der Waals surface area (Å²) in [5.41, 5.74) is 7.08. The molecule has 0 atom stereocenters. The van der Waals surface area contributed by atoms with E-state index in [1.54, 1.807) is 35.7 Å². The average Bonchev–Trinajstić information content (AvgIpc) is 2.91. The first kappa shape index (κ1) is 15.1. The summed E-state index contributed by atoms with van der Waals surface area (Å²) in [5.74, 6) is -0.509. The summed E-state index contributed by atoms with van der Waals surface area (Å²) < 4.78 is 0. The van der Waals surface area contributed by atoms with Crippen LogP contribution in [0.15, 0.2) is 35.7 Å². The molecule has 0 spiro atoms. The van der Waals surface area contributed by atoms with Crippen molar-refractivity contribution in [1.29, 1.82) is 0 Å². The number of nitrogens with two attached hydrogens (primary N) is 1. The van der Waals surface area contributed by atoms with Crippen molar-refractivity contribution in [3.05, 3.63) is 46.2 Å². The van der Waals surface area contributed by atoms with Crippen LogP contribution in [0.5, 0.6) is 0 Å². The molecule has 1 heterocycles. The van der Waals surface area contributed by atoms with Crippen molar-refractivity contribution in [3.63, 3.8) is 0 Å². The van der Waals surface area contributed by atoms with Gasteiger partial charge in [-0.15, -0.1) is 11.3 Å². The molecule has 0 unspecified atom stereocenters. The molecule has 0 fully saturated rings. The number of thiophene rings is 1. The van der Waals surface area contributed by atoms with Gasteiger partial charge in [-0.3, -0.25) is 9.59 Å². The molecule has 0 radical (unpaired) electrons. The van der Waals surface area contributed by atoms with Crippen molar-refractivity contribution >= 4 is 34.5 Å². The van der Waals surface area contributed by atoms with Crippen LogP contribution in [0.3, 0.4) is 0 Å². The van der Waals surface area contributed by atoms with Crippen LogP contribution in [-0.4, -0.2) is 18.4 Å². The SMILES string of the molecule is CCCNC(=O)c1ccccc1NC(=O)c1sccc1N. The first-order valence-corrected chi connectivity index (χ1v) is 7.53. The number of carbonyl (C=O) groups excluding carboxylic acids is 2. The fourth-order valence-corrected chi connectivity index (χ4v) is 2.52. The van der Waals surface area contributed by atoms with E-state index in [4.69, 9.17) is 5.73 Å². The van der Waals surface area contributed by atoms with Crippen LogP contribution in [0.4, 0.5) is 11.4 Å². The van der Waals surface area contributed by atoms with E-state index in [-0.39, 0.29) is 11.8 Å². The molecule has 6 heteroatoms. The van der Waals surface area contributed by atoms with Crippen LogP contribution < -0.4 is 16.4 Å². The third-order valence-electron chi connectivity index (χ3n) is 2.86. The number of nitrogens with one attached hydrogen (secondary N) is 2. The molecule has 110 valence electrons. The molecule has 0 aliphatic rings. The van der Waals surface area contributed by atoms with E-state index in [1.165, 1.54) is 11.3 Å². The number of benzene rings is 1. The van der Waals surface area contributed by atoms with Crippen LogP contribution in [0, 0.1) is 0 Å². The van der Waals surface area contributed by atoms with E-state index in [1.807, 2.05) is 6.92 Å². The Bertz CT molecular complexity index is 652. The zero-order chi connectivity index (χ0) is 15.2. The van der Waals surface area contributed by atoms with Crippen LogP contribution >= 0.6 is 11.3 Å². The number of carbonyl (C=O) groups is 2. The average molecular weight is 303 g/mol. The summed E-state index contributed by atoms with van der Waals surface area (Å²) in [7, 11) is 0. The lowest BCUT2D eigenvalue weighted by atomic mass is 10.1. The van der Waals surface area contributed by atoms with Crippen molar-refractivity contribution in [2.45, 2.75) is 13.3 Å². The first-order valence-electron chi connectivity index (χ1n) is 6.65. The zero-order valence-corrected chi connectivity index (χ0v) is 12.5. The Kier molecular flexibility index (Phi) is 4.94. The molecule has 2 rings (SSSR count). The minimum Gasteiger partial charge on any atom is -0.397 e. The Hall–Kier alpha value is -2.34. The second-order valence-electron chi connectivity index (χ2n) is 4.46. The van der Waals surface area contributed by atoms with Gasteiger partial charge in [0.1, 0.15) is 4.88 Å². The highest BCUT2D eigenvalue weighted by Gasteiger charge is 2.15. The molecular formula is C15H17N3O2S. The van der Waals surface area contributed by atoms with E-state index in [0.29, 0.717) is 28.4 Å². The van der Waals surface area contributed by atoms with Gasteiger partial charge in [-0.1, -0.05) is 19.1 Å². The molecule has 1 aromatic heterocycles. The fraction of sp³-hybridized carbons (Fsp3) is 0.200. The maximum Gasteiger partial charge on any atom is 0.267 e. The van der Waals surface area contributed by atoms with Crippen LogP contribution in [0.1, 0.15) is 33.4 Å². The topological polar surface area (TPSA) is 84.2 Å². The highest BCUT2D eigenvalue weighted by atomic mass is 32.1. The number of nitrogen functional groups attached to an aromatic ring is 1. The Balaban J connectivity index is 2.19. The van der Waals surface area contributed by atoms with E-state index in [9.17, 15) is 9.59 Å². The maximum absolute atomic E-state index is 12.2. The Morgan fingerprint density at radius 3 is 2.62 bits per heavy atom. The predicted molar refractivity (Wildman–Crippen MR) is 85.8 cm³/mol. The molecule has 0 saturated carbocycles. The Morgan fingerprint density at radius 1 is 1.19 bits per heavy atom. The molecule has 2 aromatic rings. The molecule has 0 saturated heterocycles. The summed E-state index contributed by atoms with van der Waals surface area (Å²) in [6, 6.07) is 8.58. The Labute approximate surface area is 127 Å². The van der Waals surface area contributed by atoms with E-state index in [0.717, 1.165) is 6.42 Å². The second-order valence-corrected chi connectivity index (χ2v) is 5.38. The lowest BCUT2D eigenvalue weighted by Crippen LogP contribution is -2.25. The quantitative estimate of drug-likeness (QED) is 0.794. The largest absolute Gasteiger partial charge is 0.397 e. The van der Waals surface area contributed by atoms with Crippen LogP contribution in [0.2, 0.25) is 0 Å². The van der Waals surface area contributed by atoms with Gasteiger partial charge in [0.25, 0.3) is 11.8 Å². The standard InChI is InChI=1S/C15H17N3O2S/c1-2-8-17-14(19)10-5-3-4-6-12(10)18-15(20)13-11(16)7-9-21-13/h3-7,9H,2,8,16H2,1H3,(H,17,19)(H,18,20). The van der Waals surface area contributed by atoms with Gasteiger partial charge in [-0.25, -0.2) is 0 Å². The molecule has 5 nitrogen and oxygen atoms in total. The van der Waals surface area contributed by atoms with Gasteiger partial charge >= 0.3 is 0 Å². The molecule has 2 amide bonds. The van der Waals surface area contributed by atoms with Gasteiger partial charge in [0.05, 0.1) is 16.9 Å². The van der Waals surface area contributed by atoms with Crippen LogP contribution in [-0.2, 0) is 0 Å². The highest BCUT2D eigenvalue weighted by Crippen LogP contribution is 2.22. The zero-order valence-electron chi connectivity index (χ0n) is 11.7. The van der Waals surface area contributed by atoms with Crippen molar-refractivity contribution in [2.24, 2.45) is 0 Å². The normalized spacial score (nSPS) is 10.1. The number of para-hydroxylation sites is 1. The van der Waals surface area contributed by atoms with Gasteiger partial charge in [0.2, 0.25) is 0 Å². The molecule has 1 aromatic carbocycles. The Morgan fingerprint density at radius 2 is 1.95 bits per heavy atom. The second kappa shape index (κ2) is 6.90. The maximum atomic E-state index is 12.2. The molecular weight excluding hydrogens is 286 g/mol. The van der Waals surface area contributed by atoms with Gasteiger partial charge in [0.15, 0.2) is 0 Å². The molecule has 4 N–H and O–H groups in total. The van der Waals surface area contributed by atoms with E-state index >= 15 is 0 Å². The summed E-state index contributed by atoms with van der Waals surface area (Å²) >= 11 is 1.27. The van der Waals surface area contributed by atoms with Crippen molar-refractivity contribution in [2.75, 3.05) is 17.6 Å². The van der Waals surface area contributed by atoms with Gasteiger partial charge < -0.3 is 16.4 Å². The van der Waals surface area contributed by atoms with E-state index < -0.39 is 0 Å². The van der Waals surface area contributed by atoms with Gasteiger partial charge in [-0.05, 0) is 30.0 Å². The number of rotatable bonds is 5. The fourth-order valence-electron chi connectivity index (χ4n) is 1.81. The predicted octanol–water partition coefficient (Wildman–Crippen LogP) is 2.72. The number of hydrogen-bond donors (Lipinski definition) is 3. The minimum absolute atomic E-state index is 0.202. The molecule has 21 heavy (non-hydrogen) atoms. The van der Waals surface area contributed by atoms with E-state index in [2.05, 4.69) is 10.6 Å². The summed E-state index contributed by atoms with van der Waals surface area (Å²) in [6.45, 7) is 2.58. The number of anilines is 2. The molecule has 0 aliphatic heterocycles. The number of hydrogen-bond acceptors (Lipinski definition) is 4. The smallest absolute Gasteiger partial charge is 0.267 e. The first-order chi connectivity index (χ1) is 10.1. The lowest BCUT2D eigenvalue weighted by molar-refractivity contribution is 0.0954. The summed E-state index contributed by atoms with van der Waals surface area (Å²) in [4.78, 5) is 24.7. The van der Waals surface area contributed by atoms with Crippen LogP contribution in [0.25, 0.3) is 0 Å². The van der Waals surface area contributed by atoms with Gasteiger partial charge in [-0.2, -0.15) is 0 Å². The van der Waals surface area contributed by atoms with Crippen molar-refractivity contribution in [1.82, 2.24) is 5.32 Å². The number of amides is 2. The van der Waals surface area contributed by atoms with Crippen molar-refractivity contribution < 1.29 is 9.59 Å². The lowest BCUT2D eigenvalue weighted by Gasteiger charge is -2.10. The van der Waals surface area contributed by atoms with Gasteiger partial charge in [0, 0.05) is 6.54 Å². The summed E-state index contributed by atoms with van der Waals surface area (Å²) in [6.07, 6.45) is 0.853. The third kappa shape index (κ3) is 3.61. The molecule has 0 bridgehead atoms. The molecule has 0 aliphatic carbocycles. The summed E-state index contributed by atoms with van der Waals surface area (Å²) in [5, 5.41) is 7.29. The third-order valence-corrected chi connectivity index (χ3v) is 3.79. The minimum atomic E-state index is -0.307. The highest BCUT2D eigenvalue weighted by molar-refractivity contribution is 7.12. The van der Waals surface area contributed by atoms with Crippen molar-refractivity contribution in [3.8, 4) is 0 Å².